The second-order valence-electron chi connectivity index (χ2n) is 4.54. The van der Waals surface area contributed by atoms with Crippen LogP contribution < -0.4 is 0 Å². The Morgan fingerprint density at radius 1 is 1.05 bits per heavy atom. The van der Waals surface area contributed by atoms with Crippen molar-refractivity contribution in [3.05, 3.63) is 77.3 Å². The molecule has 2 aromatic rings. The third kappa shape index (κ3) is 3.03. The van der Waals surface area contributed by atoms with Crippen LogP contribution in [0.3, 0.4) is 0 Å². The number of hydrogen-bond acceptors (Lipinski definition) is 3. The summed E-state index contributed by atoms with van der Waals surface area (Å²) >= 11 is 0. The maximum atomic E-state index is 12.1. The van der Waals surface area contributed by atoms with Crippen LogP contribution in [0.15, 0.2) is 66.2 Å². The third-order valence-electron chi connectivity index (χ3n) is 3.22. The van der Waals surface area contributed by atoms with Crippen molar-refractivity contribution < 1.29 is 9.53 Å². The lowest BCUT2D eigenvalue weighted by Crippen LogP contribution is -1.97. The van der Waals surface area contributed by atoms with Gasteiger partial charge in [-0.05, 0) is 36.3 Å². The highest BCUT2D eigenvalue weighted by Crippen LogP contribution is 2.33. The molecule has 1 aromatic heterocycles. The Balaban J connectivity index is 0.00000161. The molecule has 0 radical (unpaired) electrons. The zero-order chi connectivity index (χ0) is 13.9. The molecule has 0 aliphatic carbocycles. The van der Waals surface area contributed by atoms with Crippen molar-refractivity contribution in [3.63, 3.8) is 0 Å². The lowest BCUT2D eigenvalue weighted by molar-refractivity contribution is -0.131. The summed E-state index contributed by atoms with van der Waals surface area (Å²) < 4.78 is 5.37. The Hall–Kier alpha value is -2.39. The number of esters is 1. The predicted molar refractivity (Wildman–Crippen MR) is 84.6 cm³/mol. The van der Waals surface area contributed by atoms with E-state index >= 15 is 0 Å². The normalized spacial score (nSPS) is 15.9. The molecule has 21 heavy (non-hydrogen) atoms. The lowest BCUT2D eigenvalue weighted by atomic mass is 10.0. The van der Waals surface area contributed by atoms with Gasteiger partial charge in [-0.1, -0.05) is 30.3 Å². The van der Waals surface area contributed by atoms with Crippen LogP contribution in [-0.4, -0.2) is 11.0 Å². The molecule has 0 spiro atoms. The van der Waals surface area contributed by atoms with Crippen molar-refractivity contribution in [1.82, 2.24) is 4.98 Å². The SMILES string of the molecule is CC1=C(c2ccccc2)C(=O)O/C1=C\c1ccncc1.Cl. The monoisotopic (exact) mass is 299 g/mol. The van der Waals surface area contributed by atoms with Crippen molar-refractivity contribution >= 4 is 30.0 Å². The van der Waals surface area contributed by atoms with E-state index in [-0.39, 0.29) is 18.4 Å². The second-order valence-corrected chi connectivity index (χ2v) is 4.54. The average molecular weight is 300 g/mol. The minimum absolute atomic E-state index is 0. The molecule has 0 saturated carbocycles. The predicted octanol–water partition coefficient (Wildman–Crippen LogP) is 3.87. The summed E-state index contributed by atoms with van der Waals surface area (Å²) in [4.78, 5) is 16.0. The number of nitrogens with zero attached hydrogens (tertiary/aromatic N) is 1. The minimum atomic E-state index is -0.297. The Bertz CT molecular complexity index is 706. The number of pyridine rings is 1. The van der Waals surface area contributed by atoms with Crippen molar-refractivity contribution in [2.45, 2.75) is 6.92 Å². The van der Waals surface area contributed by atoms with Gasteiger partial charge in [0, 0.05) is 18.0 Å². The molecule has 3 nitrogen and oxygen atoms in total. The topological polar surface area (TPSA) is 39.2 Å². The zero-order valence-electron chi connectivity index (χ0n) is 11.4. The number of cyclic esters (lactones) is 1. The first-order chi connectivity index (χ1) is 9.75. The van der Waals surface area contributed by atoms with E-state index in [4.69, 9.17) is 4.74 Å². The molecule has 0 saturated heterocycles. The van der Waals surface area contributed by atoms with Gasteiger partial charge in [-0.25, -0.2) is 4.79 Å². The van der Waals surface area contributed by atoms with E-state index in [1.807, 2.05) is 55.5 Å². The summed E-state index contributed by atoms with van der Waals surface area (Å²) in [7, 11) is 0. The van der Waals surface area contributed by atoms with Crippen LogP contribution in [-0.2, 0) is 9.53 Å². The van der Waals surface area contributed by atoms with Crippen LogP contribution in [0.2, 0.25) is 0 Å². The first-order valence-corrected chi connectivity index (χ1v) is 6.36. The molecule has 4 heteroatoms. The standard InChI is InChI=1S/C17H13NO2.ClH/c1-12-15(11-13-7-9-18-10-8-13)20-17(19)16(12)14-5-3-2-4-6-14;/h2-11H,1H3;1H/b15-11-;. The Labute approximate surface area is 129 Å². The highest BCUT2D eigenvalue weighted by Gasteiger charge is 2.27. The largest absolute Gasteiger partial charge is 0.423 e. The number of hydrogen-bond donors (Lipinski definition) is 0. The van der Waals surface area contributed by atoms with E-state index in [0.717, 1.165) is 16.7 Å². The smallest absolute Gasteiger partial charge is 0.344 e. The van der Waals surface area contributed by atoms with Crippen molar-refractivity contribution in [2.75, 3.05) is 0 Å². The molecule has 1 aromatic carbocycles. The maximum Gasteiger partial charge on any atom is 0.344 e. The minimum Gasteiger partial charge on any atom is -0.423 e. The summed E-state index contributed by atoms with van der Waals surface area (Å²) in [5, 5.41) is 0. The Kier molecular flexibility index (Phi) is 4.55. The molecule has 1 aliphatic heterocycles. The molecule has 106 valence electrons. The third-order valence-corrected chi connectivity index (χ3v) is 3.22. The first kappa shape index (κ1) is 15.0. The van der Waals surface area contributed by atoms with E-state index in [0.29, 0.717) is 11.3 Å². The van der Waals surface area contributed by atoms with Gasteiger partial charge in [0.15, 0.2) is 0 Å². The lowest BCUT2D eigenvalue weighted by Gasteiger charge is -1.99. The number of allylic oxidation sites excluding steroid dienone is 1. The molecular formula is C17H14ClNO2. The number of rotatable bonds is 2. The first-order valence-electron chi connectivity index (χ1n) is 6.36. The van der Waals surface area contributed by atoms with Crippen molar-refractivity contribution in [2.24, 2.45) is 0 Å². The average Bonchev–Trinajstić information content (AvgIpc) is 2.75. The molecule has 0 N–H and O–H groups in total. The van der Waals surface area contributed by atoms with Gasteiger partial charge in [0.05, 0.1) is 5.57 Å². The molecule has 0 bridgehead atoms. The van der Waals surface area contributed by atoms with Crippen LogP contribution in [0.1, 0.15) is 18.1 Å². The maximum absolute atomic E-state index is 12.1. The van der Waals surface area contributed by atoms with Crippen LogP contribution in [0, 0.1) is 0 Å². The zero-order valence-corrected chi connectivity index (χ0v) is 12.3. The van der Waals surface area contributed by atoms with E-state index in [1.165, 1.54) is 0 Å². The van der Waals surface area contributed by atoms with E-state index in [2.05, 4.69) is 4.98 Å². The molecular weight excluding hydrogens is 286 g/mol. The number of halogens is 1. The molecule has 2 heterocycles. The summed E-state index contributed by atoms with van der Waals surface area (Å²) in [6.07, 6.45) is 5.27. The second kappa shape index (κ2) is 6.37. The van der Waals surface area contributed by atoms with Gasteiger partial charge >= 0.3 is 5.97 Å². The van der Waals surface area contributed by atoms with Gasteiger partial charge in [-0.2, -0.15) is 0 Å². The Morgan fingerprint density at radius 2 is 1.71 bits per heavy atom. The van der Waals surface area contributed by atoms with Gasteiger partial charge in [-0.3, -0.25) is 4.98 Å². The van der Waals surface area contributed by atoms with Crippen molar-refractivity contribution in [3.8, 4) is 0 Å². The van der Waals surface area contributed by atoms with Gasteiger partial charge in [0.1, 0.15) is 5.76 Å². The summed E-state index contributed by atoms with van der Waals surface area (Å²) in [5.41, 5.74) is 3.33. The number of benzene rings is 1. The summed E-state index contributed by atoms with van der Waals surface area (Å²) in [5.74, 6) is 0.300. The number of ether oxygens (including phenoxy) is 1. The van der Waals surface area contributed by atoms with Gasteiger partial charge in [-0.15, -0.1) is 12.4 Å². The number of carbonyl (C=O) groups excluding carboxylic acids is 1. The molecule has 3 rings (SSSR count). The van der Waals surface area contributed by atoms with Gasteiger partial charge in [0.25, 0.3) is 0 Å². The molecule has 0 atom stereocenters. The van der Waals surface area contributed by atoms with Crippen LogP contribution >= 0.6 is 12.4 Å². The highest BCUT2D eigenvalue weighted by atomic mass is 35.5. The Morgan fingerprint density at radius 3 is 2.38 bits per heavy atom. The fourth-order valence-corrected chi connectivity index (χ4v) is 2.19. The van der Waals surface area contributed by atoms with Crippen LogP contribution in [0.5, 0.6) is 0 Å². The number of aromatic nitrogens is 1. The van der Waals surface area contributed by atoms with E-state index < -0.39 is 0 Å². The van der Waals surface area contributed by atoms with Crippen LogP contribution in [0.4, 0.5) is 0 Å². The highest BCUT2D eigenvalue weighted by molar-refractivity contribution is 6.21. The molecule has 0 fully saturated rings. The van der Waals surface area contributed by atoms with Crippen LogP contribution in [0.25, 0.3) is 11.6 Å². The molecule has 0 amide bonds. The molecule has 1 aliphatic rings. The van der Waals surface area contributed by atoms with E-state index in [1.54, 1.807) is 12.4 Å². The van der Waals surface area contributed by atoms with Gasteiger partial charge in [0.2, 0.25) is 0 Å². The number of carbonyl (C=O) groups is 1. The quantitative estimate of drug-likeness (QED) is 0.790. The van der Waals surface area contributed by atoms with E-state index in [9.17, 15) is 4.79 Å². The van der Waals surface area contributed by atoms with Crippen molar-refractivity contribution in [1.29, 1.82) is 0 Å². The fraction of sp³-hybridized carbons (Fsp3) is 0.0588. The summed E-state index contributed by atoms with van der Waals surface area (Å²) in [6.45, 7) is 1.90. The molecule has 0 unspecified atom stereocenters. The fourth-order valence-electron chi connectivity index (χ4n) is 2.19. The summed E-state index contributed by atoms with van der Waals surface area (Å²) in [6, 6.07) is 13.3. The van der Waals surface area contributed by atoms with Gasteiger partial charge < -0.3 is 4.74 Å².